The fraction of sp³-hybridized carbons (Fsp3) is 0.947. The summed E-state index contributed by atoms with van der Waals surface area (Å²) in [6.45, 7) is 13.5. The van der Waals surface area contributed by atoms with Gasteiger partial charge in [-0.2, -0.15) is 0 Å². The van der Waals surface area contributed by atoms with Crippen LogP contribution in [0.4, 0.5) is 0 Å². The van der Waals surface area contributed by atoms with E-state index in [1.165, 1.54) is 45.6 Å². The smallest absolute Gasteiger partial charge is 0.308 e. The van der Waals surface area contributed by atoms with Crippen LogP contribution in [-0.2, 0) is 14.0 Å². The van der Waals surface area contributed by atoms with E-state index in [9.17, 15) is 4.79 Å². The van der Waals surface area contributed by atoms with Gasteiger partial charge in [0.25, 0.3) is 0 Å². The zero-order valence-corrected chi connectivity index (χ0v) is 17.7. The number of hydrogen-bond donors (Lipinski definition) is 0. The molecular weight excluding hydrogens is 304 g/mol. The van der Waals surface area contributed by atoms with Crippen molar-refractivity contribution in [2.45, 2.75) is 110 Å². The second kappa shape index (κ2) is 11.2. The summed E-state index contributed by atoms with van der Waals surface area (Å²) in [5, 5.41) is 0.168. The molecule has 0 saturated carbocycles. The molecule has 0 heterocycles. The zero-order valence-electron chi connectivity index (χ0n) is 16.7. The van der Waals surface area contributed by atoms with Gasteiger partial charge in [0, 0.05) is 0 Å². The van der Waals surface area contributed by atoms with E-state index >= 15 is 0 Å². The average molecular weight is 345 g/mol. The maximum absolute atomic E-state index is 11.7. The van der Waals surface area contributed by atoms with Crippen molar-refractivity contribution in [3.8, 4) is 0 Å². The topological polar surface area (TPSA) is 35.5 Å². The highest BCUT2D eigenvalue weighted by Gasteiger charge is 2.39. The Hall–Kier alpha value is -0.353. The third-order valence-corrected chi connectivity index (χ3v) is 9.55. The Morgan fingerprint density at radius 1 is 1.00 bits per heavy atom. The molecule has 0 aromatic heterocycles. The van der Waals surface area contributed by atoms with E-state index < -0.39 is 8.32 Å². The molecule has 0 spiro atoms. The first-order valence-electron chi connectivity index (χ1n) is 9.38. The summed E-state index contributed by atoms with van der Waals surface area (Å²) in [4.78, 5) is 11.7. The molecule has 0 aromatic carbocycles. The molecule has 0 radical (unpaired) electrons. The van der Waals surface area contributed by atoms with E-state index in [0.29, 0.717) is 6.42 Å². The Bertz CT molecular complexity index is 321. The van der Waals surface area contributed by atoms with Crippen molar-refractivity contribution in [1.29, 1.82) is 0 Å². The van der Waals surface area contributed by atoms with Gasteiger partial charge in [-0.1, -0.05) is 72.6 Å². The number of carbonyl (C=O) groups excluding carboxylic acids is 1. The zero-order chi connectivity index (χ0) is 17.9. The summed E-state index contributed by atoms with van der Waals surface area (Å²) in [7, 11) is -0.384. The summed E-state index contributed by atoms with van der Waals surface area (Å²) >= 11 is 0. The van der Waals surface area contributed by atoms with Crippen LogP contribution in [-0.4, -0.2) is 27.5 Å². The Morgan fingerprint density at radius 2 is 1.52 bits per heavy atom. The number of rotatable bonds is 12. The summed E-state index contributed by atoms with van der Waals surface area (Å²) in [6.07, 6.45) is 10.4. The van der Waals surface area contributed by atoms with Gasteiger partial charge < -0.3 is 9.16 Å². The lowest BCUT2D eigenvalue weighted by Crippen LogP contribution is -2.44. The lowest BCUT2D eigenvalue weighted by atomic mass is 10.1. The summed E-state index contributed by atoms with van der Waals surface area (Å²) in [5.41, 5.74) is 0. The predicted octanol–water partition coefficient (Wildman–Crippen LogP) is 6.08. The fourth-order valence-corrected chi connectivity index (χ4v) is 3.78. The minimum absolute atomic E-state index is 0.0129. The van der Waals surface area contributed by atoms with Crippen molar-refractivity contribution in [3.05, 3.63) is 0 Å². The number of esters is 1. The number of methoxy groups -OCH3 is 1. The second-order valence-electron chi connectivity index (χ2n) is 8.19. The van der Waals surface area contributed by atoms with Gasteiger partial charge in [-0.05, 0) is 24.6 Å². The monoisotopic (exact) mass is 344 g/mol. The Labute approximate surface area is 145 Å². The van der Waals surface area contributed by atoms with Crippen LogP contribution in [0.15, 0.2) is 0 Å². The number of hydrogen-bond acceptors (Lipinski definition) is 3. The highest BCUT2D eigenvalue weighted by molar-refractivity contribution is 6.74. The van der Waals surface area contributed by atoms with Crippen LogP contribution in [0.1, 0.15) is 85.5 Å². The SMILES string of the molecule is CCCCCCCCC[C@H](CC(=O)OC)O[Si](C)(C)C(C)(C)C. The molecule has 0 aliphatic rings. The van der Waals surface area contributed by atoms with E-state index in [-0.39, 0.29) is 17.1 Å². The molecule has 0 fully saturated rings. The van der Waals surface area contributed by atoms with Gasteiger partial charge >= 0.3 is 5.97 Å². The minimum atomic E-state index is -1.84. The number of ether oxygens (including phenoxy) is 1. The van der Waals surface area contributed by atoms with Gasteiger partial charge in [0.2, 0.25) is 0 Å². The number of unbranched alkanes of at least 4 members (excludes halogenated alkanes) is 6. The molecular formula is C19H40O3Si. The van der Waals surface area contributed by atoms with Crippen LogP contribution in [0.2, 0.25) is 18.1 Å². The van der Waals surface area contributed by atoms with E-state index in [0.717, 1.165) is 12.8 Å². The van der Waals surface area contributed by atoms with Crippen LogP contribution in [0.3, 0.4) is 0 Å². The van der Waals surface area contributed by atoms with E-state index in [4.69, 9.17) is 9.16 Å². The van der Waals surface area contributed by atoms with Crippen molar-refractivity contribution in [3.63, 3.8) is 0 Å². The van der Waals surface area contributed by atoms with Crippen LogP contribution in [0.25, 0.3) is 0 Å². The molecule has 0 bridgehead atoms. The Kier molecular flexibility index (Phi) is 11.1. The molecule has 138 valence electrons. The van der Waals surface area contributed by atoms with Crippen LogP contribution in [0.5, 0.6) is 0 Å². The van der Waals surface area contributed by atoms with Crippen molar-refractivity contribution in [2.24, 2.45) is 0 Å². The standard InChI is InChI=1S/C19H40O3Si/c1-8-9-10-11-12-13-14-15-17(16-18(20)21-5)22-23(6,7)19(2,3)4/h17H,8-16H2,1-7H3/t17-/m1/s1. The van der Waals surface area contributed by atoms with Gasteiger partial charge in [0.05, 0.1) is 19.6 Å². The normalized spacial score (nSPS) is 13.9. The minimum Gasteiger partial charge on any atom is -0.469 e. The Morgan fingerprint density at radius 3 is 2.00 bits per heavy atom. The molecule has 0 saturated heterocycles. The van der Waals surface area contributed by atoms with Gasteiger partial charge in [0.15, 0.2) is 8.32 Å². The van der Waals surface area contributed by atoms with Gasteiger partial charge in [-0.15, -0.1) is 0 Å². The third kappa shape index (κ3) is 10.2. The molecule has 0 N–H and O–H groups in total. The molecule has 1 atom stereocenters. The maximum atomic E-state index is 11.7. The average Bonchev–Trinajstić information content (AvgIpc) is 2.44. The molecule has 0 amide bonds. The quantitative estimate of drug-likeness (QED) is 0.244. The van der Waals surface area contributed by atoms with Gasteiger partial charge in [-0.25, -0.2) is 0 Å². The van der Waals surface area contributed by atoms with Crippen molar-refractivity contribution in [1.82, 2.24) is 0 Å². The Balaban J connectivity index is 4.34. The molecule has 0 aliphatic heterocycles. The fourth-order valence-electron chi connectivity index (χ4n) is 2.39. The molecule has 0 rings (SSSR count). The molecule has 0 aromatic rings. The van der Waals surface area contributed by atoms with Gasteiger partial charge in [-0.3, -0.25) is 4.79 Å². The first kappa shape index (κ1) is 22.6. The highest BCUT2D eigenvalue weighted by atomic mass is 28.4. The van der Waals surface area contributed by atoms with E-state index in [1.54, 1.807) is 0 Å². The maximum Gasteiger partial charge on any atom is 0.308 e. The van der Waals surface area contributed by atoms with Crippen molar-refractivity contribution >= 4 is 14.3 Å². The van der Waals surface area contributed by atoms with E-state index in [1.807, 2.05) is 0 Å². The number of carbonyl (C=O) groups is 1. The summed E-state index contributed by atoms with van der Waals surface area (Å²) in [5.74, 6) is -0.156. The second-order valence-corrected chi connectivity index (χ2v) is 12.9. The third-order valence-electron chi connectivity index (χ3n) is 5.02. The predicted molar refractivity (Wildman–Crippen MR) is 101 cm³/mol. The largest absolute Gasteiger partial charge is 0.469 e. The molecule has 0 unspecified atom stereocenters. The van der Waals surface area contributed by atoms with Crippen LogP contribution < -0.4 is 0 Å². The lowest BCUT2D eigenvalue weighted by molar-refractivity contribution is -0.142. The lowest BCUT2D eigenvalue weighted by Gasteiger charge is -2.39. The van der Waals surface area contributed by atoms with Gasteiger partial charge in [0.1, 0.15) is 0 Å². The van der Waals surface area contributed by atoms with Crippen molar-refractivity contribution < 1.29 is 14.0 Å². The van der Waals surface area contributed by atoms with Crippen LogP contribution in [0, 0.1) is 0 Å². The first-order chi connectivity index (χ1) is 10.6. The highest BCUT2D eigenvalue weighted by Crippen LogP contribution is 2.38. The summed E-state index contributed by atoms with van der Waals surface area (Å²) in [6, 6.07) is 0. The molecule has 4 heteroatoms. The van der Waals surface area contributed by atoms with Crippen LogP contribution >= 0.6 is 0 Å². The molecule has 23 heavy (non-hydrogen) atoms. The molecule has 3 nitrogen and oxygen atoms in total. The first-order valence-corrected chi connectivity index (χ1v) is 12.3. The summed E-state index contributed by atoms with van der Waals surface area (Å²) < 4.78 is 11.3. The van der Waals surface area contributed by atoms with E-state index in [2.05, 4.69) is 40.8 Å². The van der Waals surface area contributed by atoms with Crippen molar-refractivity contribution in [2.75, 3.05) is 7.11 Å². The molecule has 0 aliphatic carbocycles.